The number of nitrogens with one attached hydrogen (secondary N) is 1. The van der Waals surface area contributed by atoms with E-state index in [-0.39, 0.29) is 33.1 Å². The Balaban J connectivity index is 1.67. The van der Waals surface area contributed by atoms with E-state index in [1.54, 1.807) is 12.1 Å². The third-order valence-corrected chi connectivity index (χ3v) is 5.39. The van der Waals surface area contributed by atoms with Gasteiger partial charge in [-0.1, -0.05) is 34.9 Å². The lowest BCUT2D eigenvalue weighted by molar-refractivity contribution is -0.137. The second kappa shape index (κ2) is 7.98. The molecule has 1 unspecified atom stereocenters. The van der Waals surface area contributed by atoms with E-state index in [9.17, 15) is 17.4 Å². The van der Waals surface area contributed by atoms with Gasteiger partial charge >= 0.3 is 6.18 Å². The van der Waals surface area contributed by atoms with Crippen LogP contribution in [0.4, 0.5) is 18.9 Å². The van der Waals surface area contributed by atoms with Crippen molar-refractivity contribution < 1.29 is 21.9 Å². The number of anilines is 1. The van der Waals surface area contributed by atoms with Gasteiger partial charge in [0.25, 0.3) is 5.89 Å². The van der Waals surface area contributed by atoms with Gasteiger partial charge in [0.2, 0.25) is 5.82 Å². The highest BCUT2D eigenvalue weighted by atomic mass is 35.5. The maximum absolute atomic E-state index is 13.0. The first-order chi connectivity index (χ1) is 14.7. The number of hydrogen-bond donors (Lipinski definition) is 1. The van der Waals surface area contributed by atoms with Gasteiger partial charge in [-0.25, -0.2) is 9.19 Å². The number of hydrogen-bond acceptors (Lipinski definition) is 5. The van der Waals surface area contributed by atoms with Crippen LogP contribution in [0.5, 0.6) is 0 Å². The lowest BCUT2D eigenvalue weighted by Crippen LogP contribution is -2.06. The largest absolute Gasteiger partial charge is 0.417 e. The molecule has 1 aromatic carbocycles. The topological polar surface area (TPSA) is 85.3 Å². The molecular formula is C18H10Cl2F3N5O2S. The second-order valence-corrected chi connectivity index (χ2v) is 8.06. The number of pyridine rings is 1. The third-order valence-electron chi connectivity index (χ3n) is 4.06. The van der Waals surface area contributed by atoms with Crippen molar-refractivity contribution in [2.45, 2.75) is 6.18 Å². The Bertz CT molecular complexity index is 1340. The molecule has 0 saturated carbocycles. The number of fused-ring (bicyclic) bond motifs is 1. The van der Waals surface area contributed by atoms with Gasteiger partial charge in [-0.15, -0.1) is 0 Å². The highest BCUT2D eigenvalue weighted by Crippen LogP contribution is 2.34. The number of benzene rings is 1. The maximum Gasteiger partial charge on any atom is 0.417 e. The average Bonchev–Trinajstić information content (AvgIpc) is 3.34. The average molecular weight is 488 g/mol. The van der Waals surface area contributed by atoms with Gasteiger partial charge in [-0.3, -0.25) is 0 Å². The summed E-state index contributed by atoms with van der Waals surface area (Å²) in [5, 5.41) is 5.16. The minimum Gasteiger partial charge on any atom is -0.332 e. The summed E-state index contributed by atoms with van der Waals surface area (Å²) in [6.45, 7) is 3.41. The molecule has 0 saturated heterocycles. The van der Waals surface area contributed by atoms with Gasteiger partial charge in [0.1, 0.15) is 16.7 Å². The van der Waals surface area contributed by atoms with Gasteiger partial charge in [-0.05, 0) is 24.3 Å². The number of aromatic nitrogens is 4. The van der Waals surface area contributed by atoms with Gasteiger partial charge in [-0.2, -0.15) is 18.2 Å². The molecule has 0 fully saturated rings. The van der Waals surface area contributed by atoms with Crippen LogP contribution in [0.1, 0.15) is 5.56 Å². The summed E-state index contributed by atoms with van der Waals surface area (Å²) in [4.78, 5) is 8.39. The van der Waals surface area contributed by atoms with Gasteiger partial charge < -0.3 is 13.6 Å². The Hall–Kier alpha value is -2.89. The van der Waals surface area contributed by atoms with Crippen molar-refractivity contribution in [1.29, 1.82) is 0 Å². The van der Waals surface area contributed by atoms with E-state index >= 15 is 0 Å². The highest BCUT2D eigenvalue weighted by molar-refractivity contribution is 7.89. The molecular weight excluding hydrogens is 478 g/mol. The van der Waals surface area contributed by atoms with E-state index in [1.807, 2.05) is 0 Å². The number of halogens is 5. The fourth-order valence-electron chi connectivity index (χ4n) is 2.67. The van der Waals surface area contributed by atoms with Crippen LogP contribution in [0.15, 0.2) is 53.2 Å². The molecule has 0 radical (unpaired) electrons. The summed E-state index contributed by atoms with van der Waals surface area (Å²) in [6.07, 6.45) is -2.40. The first-order valence-electron chi connectivity index (χ1n) is 8.35. The SMILES string of the molecule is C=CS(=O)Nc1ccc(-c2noc(-c3cn4cc(C(F)(F)F)cc(Cl)c4n3)n2)c(Cl)c1. The number of imidazole rings is 1. The molecule has 7 nitrogen and oxygen atoms in total. The van der Waals surface area contributed by atoms with E-state index in [0.717, 1.165) is 16.7 Å². The van der Waals surface area contributed by atoms with Crippen molar-refractivity contribution >= 4 is 45.5 Å². The monoisotopic (exact) mass is 487 g/mol. The Kier molecular flexibility index (Phi) is 5.50. The van der Waals surface area contributed by atoms with Crippen LogP contribution in [0.2, 0.25) is 10.0 Å². The van der Waals surface area contributed by atoms with Crippen molar-refractivity contribution in [1.82, 2.24) is 19.5 Å². The first-order valence-corrected chi connectivity index (χ1v) is 10.3. The van der Waals surface area contributed by atoms with Crippen LogP contribution in [0.25, 0.3) is 28.6 Å². The van der Waals surface area contributed by atoms with E-state index in [4.69, 9.17) is 27.7 Å². The molecule has 0 aliphatic carbocycles. The van der Waals surface area contributed by atoms with Crippen LogP contribution in [-0.2, 0) is 17.2 Å². The molecule has 31 heavy (non-hydrogen) atoms. The molecule has 0 aliphatic heterocycles. The predicted molar refractivity (Wildman–Crippen MR) is 111 cm³/mol. The minimum atomic E-state index is -4.56. The molecule has 1 atom stereocenters. The maximum atomic E-state index is 13.0. The molecule has 0 amide bonds. The normalized spacial score (nSPS) is 12.8. The molecule has 4 rings (SSSR count). The van der Waals surface area contributed by atoms with E-state index < -0.39 is 22.7 Å². The summed E-state index contributed by atoms with van der Waals surface area (Å²) >= 11 is 12.2. The minimum absolute atomic E-state index is 0.0330. The summed E-state index contributed by atoms with van der Waals surface area (Å²) in [5.74, 6) is 0.102. The number of rotatable bonds is 5. The molecule has 160 valence electrons. The van der Waals surface area contributed by atoms with Crippen molar-refractivity contribution in [3.05, 3.63) is 64.3 Å². The molecule has 0 aliphatic rings. The van der Waals surface area contributed by atoms with E-state index in [2.05, 4.69) is 26.4 Å². The summed E-state index contributed by atoms with van der Waals surface area (Å²) in [7, 11) is -1.46. The van der Waals surface area contributed by atoms with Crippen LogP contribution in [0, 0.1) is 0 Å². The zero-order chi connectivity index (χ0) is 22.3. The zero-order valence-electron chi connectivity index (χ0n) is 15.2. The summed E-state index contributed by atoms with van der Waals surface area (Å²) in [5.41, 5.74) is 0.237. The quantitative estimate of drug-likeness (QED) is 0.396. The molecule has 0 spiro atoms. The molecule has 4 aromatic rings. The van der Waals surface area contributed by atoms with Crippen molar-refractivity contribution in [2.75, 3.05) is 4.72 Å². The van der Waals surface area contributed by atoms with Crippen LogP contribution < -0.4 is 4.72 Å². The predicted octanol–water partition coefficient (Wildman–Crippen LogP) is 5.60. The fraction of sp³-hybridized carbons (Fsp3) is 0.0556. The fourth-order valence-corrected chi connectivity index (χ4v) is 3.63. The van der Waals surface area contributed by atoms with Crippen molar-refractivity contribution in [2.24, 2.45) is 0 Å². The Morgan fingerprint density at radius 2 is 1.94 bits per heavy atom. The smallest absolute Gasteiger partial charge is 0.332 e. The summed E-state index contributed by atoms with van der Waals surface area (Å²) in [6, 6.07) is 5.52. The van der Waals surface area contributed by atoms with Gasteiger partial charge in [0, 0.05) is 29.1 Å². The standard InChI is InChI=1S/C18H10Cl2F3N5O2S/c1-2-31(29)27-10-3-4-11(12(19)6-10)15-25-17(30-26-15)14-8-28-7-9(18(21,22)23)5-13(20)16(28)24-14/h2-8,27H,1H2. The van der Waals surface area contributed by atoms with Crippen molar-refractivity contribution in [3.63, 3.8) is 0 Å². The Labute approximate surface area is 185 Å². The van der Waals surface area contributed by atoms with E-state index in [0.29, 0.717) is 11.3 Å². The highest BCUT2D eigenvalue weighted by Gasteiger charge is 2.32. The molecule has 3 aromatic heterocycles. The number of nitrogens with zero attached hydrogens (tertiary/aromatic N) is 4. The first kappa shape index (κ1) is 21.3. The van der Waals surface area contributed by atoms with Crippen molar-refractivity contribution in [3.8, 4) is 23.0 Å². The van der Waals surface area contributed by atoms with Crippen LogP contribution in [-0.4, -0.2) is 23.7 Å². The lowest BCUT2D eigenvalue weighted by atomic mass is 10.2. The second-order valence-electron chi connectivity index (χ2n) is 6.12. The molecule has 0 bridgehead atoms. The van der Waals surface area contributed by atoms with Gasteiger partial charge in [0.15, 0.2) is 5.65 Å². The Morgan fingerprint density at radius 1 is 1.16 bits per heavy atom. The molecule has 3 heterocycles. The van der Waals surface area contributed by atoms with Crippen LogP contribution in [0.3, 0.4) is 0 Å². The number of alkyl halides is 3. The molecule has 13 heteroatoms. The third kappa shape index (κ3) is 4.29. The van der Waals surface area contributed by atoms with Crippen LogP contribution >= 0.6 is 23.2 Å². The van der Waals surface area contributed by atoms with Gasteiger partial charge in [0.05, 0.1) is 15.6 Å². The van der Waals surface area contributed by atoms with E-state index in [1.165, 1.54) is 17.7 Å². The molecule has 1 N–H and O–H groups in total. The Morgan fingerprint density at radius 3 is 2.61 bits per heavy atom. The lowest BCUT2D eigenvalue weighted by Gasteiger charge is -2.07. The summed E-state index contributed by atoms with van der Waals surface area (Å²) < 4.78 is 59.5. The zero-order valence-corrected chi connectivity index (χ0v) is 17.5.